The molecule has 0 spiro atoms. The molecule has 0 N–H and O–H groups in total. The predicted molar refractivity (Wildman–Crippen MR) is 86.0 cm³/mol. The Morgan fingerprint density at radius 3 is 2.88 bits per heavy atom. The van der Waals surface area contributed by atoms with Crippen molar-refractivity contribution in [2.24, 2.45) is 0 Å². The van der Waals surface area contributed by atoms with Gasteiger partial charge in [-0.1, -0.05) is 11.3 Å². The zero-order chi connectivity index (χ0) is 17.6. The quantitative estimate of drug-likeness (QED) is 0.659. The van der Waals surface area contributed by atoms with Crippen LogP contribution in [0.5, 0.6) is 5.75 Å². The van der Waals surface area contributed by atoms with Gasteiger partial charge in [-0.2, -0.15) is 13.2 Å². The van der Waals surface area contributed by atoms with E-state index in [-0.39, 0.29) is 29.6 Å². The molecular weight excluding hydrogens is 355 g/mol. The third-order valence-corrected chi connectivity index (χ3v) is 4.71. The average molecular weight is 365 g/mol. The van der Waals surface area contributed by atoms with Crippen molar-refractivity contribution in [1.82, 2.24) is 9.97 Å². The Morgan fingerprint density at radius 2 is 2.12 bits per heavy atom. The second-order valence-corrected chi connectivity index (χ2v) is 6.31. The number of carbonyl (C=O) groups excluding carboxylic acids is 1. The highest BCUT2D eigenvalue weighted by Gasteiger charge is 2.34. The summed E-state index contributed by atoms with van der Waals surface area (Å²) < 4.78 is 44.3. The summed E-state index contributed by atoms with van der Waals surface area (Å²) in [4.78, 5) is 23.0. The molecule has 9 heteroatoms. The number of rotatable bonds is 1. The van der Waals surface area contributed by atoms with Crippen molar-refractivity contribution >= 4 is 33.3 Å². The molecule has 0 saturated carbocycles. The van der Waals surface area contributed by atoms with Gasteiger partial charge in [0.05, 0.1) is 17.8 Å². The van der Waals surface area contributed by atoms with Crippen LogP contribution in [-0.2, 0) is 6.18 Å². The van der Waals surface area contributed by atoms with Crippen molar-refractivity contribution in [2.75, 3.05) is 18.1 Å². The van der Waals surface area contributed by atoms with Crippen LogP contribution < -0.4 is 9.64 Å². The highest BCUT2D eigenvalue weighted by atomic mass is 32.1. The monoisotopic (exact) mass is 365 g/mol. The summed E-state index contributed by atoms with van der Waals surface area (Å²) in [6, 6.07) is 6.53. The van der Waals surface area contributed by atoms with Gasteiger partial charge in [-0.15, -0.1) is 0 Å². The first-order chi connectivity index (χ1) is 11.9. The molecule has 3 heterocycles. The SMILES string of the molecule is O=C(c1nc2cccnc2s1)N1CCOc2ccc(C(F)(F)F)cc21. The van der Waals surface area contributed by atoms with Crippen molar-refractivity contribution in [3.05, 3.63) is 47.1 Å². The van der Waals surface area contributed by atoms with E-state index in [0.717, 1.165) is 23.5 Å². The molecular formula is C16H10F3N3O2S. The van der Waals surface area contributed by atoms with Gasteiger partial charge in [-0.05, 0) is 30.3 Å². The average Bonchev–Trinajstić information content (AvgIpc) is 3.03. The Bertz CT molecular complexity index is 938. The summed E-state index contributed by atoms with van der Waals surface area (Å²) in [6.07, 6.45) is -2.91. The highest BCUT2D eigenvalue weighted by molar-refractivity contribution is 7.20. The van der Waals surface area contributed by atoms with Gasteiger partial charge in [0.1, 0.15) is 22.7 Å². The maximum atomic E-state index is 13.0. The number of alkyl halides is 3. The number of fused-ring (bicyclic) bond motifs is 2. The molecule has 25 heavy (non-hydrogen) atoms. The molecule has 1 aromatic carbocycles. The Labute approximate surface area is 143 Å². The van der Waals surface area contributed by atoms with Gasteiger partial charge in [-0.3, -0.25) is 9.69 Å². The van der Waals surface area contributed by atoms with Gasteiger partial charge in [-0.25, -0.2) is 9.97 Å². The highest BCUT2D eigenvalue weighted by Crippen LogP contribution is 2.39. The first-order valence-corrected chi connectivity index (χ1v) is 8.12. The number of halogens is 3. The van der Waals surface area contributed by atoms with Gasteiger partial charge < -0.3 is 4.74 Å². The summed E-state index contributed by atoms with van der Waals surface area (Å²) in [5.41, 5.74) is -0.160. The number of ether oxygens (including phenoxy) is 1. The van der Waals surface area contributed by atoms with Crippen molar-refractivity contribution in [3.63, 3.8) is 0 Å². The third-order valence-electron chi connectivity index (χ3n) is 3.74. The standard InChI is InChI=1S/C16H10F3N3O2S/c17-16(18,19)9-3-4-12-11(8-9)22(6-7-24-12)15(23)14-21-10-2-1-5-20-13(10)25-14/h1-5,8H,6-7H2. The van der Waals surface area contributed by atoms with Gasteiger partial charge in [0, 0.05) is 6.20 Å². The number of hydrogen-bond acceptors (Lipinski definition) is 5. The molecule has 5 nitrogen and oxygen atoms in total. The molecule has 3 aromatic rings. The van der Waals surface area contributed by atoms with E-state index in [2.05, 4.69) is 9.97 Å². The van der Waals surface area contributed by atoms with E-state index < -0.39 is 17.6 Å². The zero-order valence-electron chi connectivity index (χ0n) is 12.6. The van der Waals surface area contributed by atoms with Crippen LogP contribution in [0.4, 0.5) is 18.9 Å². The number of nitrogens with zero attached hydrogens (tertiary/aromatic N) is 3. The van der Waals surface area contributed by atoms with Crippen LogP contribution in [0, 0.1) is 0 Å². The number of carbonyl (C=O) groups is 1. The minimum absolute atomic E-state index is 0.0956. The van der Waals surface area contributed by atoms with Crippen LogP contribution in [0.25, 0.3) is 10.3 Å². The molecule has 1 aliphatic rings. The Morgan fingerprint density at radius 1 is 1.28 bits per heavy atom. The second kappa shape index (κ2) is 5.69. The molecule has 0 unspecified atom stereocenters. The maximum absolute atomic E-state index is 13.0. The minimum Gasteiger partial charge on any atom is -0.490 e. The van der Waals surface area contributed by atoms with E-state index in [1.54, 1.807) is 18.3 Å². The molecule has 0 bridgehead atoms. The van der Waals surface area contributed by atoms with Crippen LogP contribution in [0.1, 0.15) is 15.4 Å². The predicted octanol–water partition coefficient (Wildman–Crippen LogP) is 3.75. The lowest BCUT2D eigenvalue weighted by Gasteiger charge is -2.29. The van der Waals surface area contributed by atoms with Crippen molar-refractivity contribution in [2.45, 2.75) is 6.18 Å². The van der Waals surface area contributed by atoms with Crippen molar-refractivity contribution < 1.29 is 22.7 Å². The minimum atomic E-state index is -4.50. The van der Waals surface area contributed by atoms with E-state index in [4.69, 9.17) is 4.74 Å². The van der Waals surface area contributed by atoms with E-state index >= 15 is 0 Å². The topological polar surface area (TPSA) is 55.3 Å². The van der Waals surface area contributed by atoms with Crippen LogP contribution >= 0.6 is 11.3 Å². The Kier molecular flexibility index (Phi) is 3.60. The molecule has 2 aromatic heterocycles. The largest absolute Gasteiger partial charge is 0.490 e. The number of amides is 1. The van der Waals surface area contributed by atoms with Gasteiger partial charge >= 0.3 is 6.18 Å². The Hall–Kier alpha value is -2.68. The van der Waals surface area contributed by atoms with Crippen LogP contribution in [0.2, 0.25) is 0 Å². The van der Waals surface area contributed by atoms with Gasteiger partial charge in [0.15, 0.2) is 5.01 Å². The van der Waals surface area contributed by atoms with E-state index in [1.807, 2.05) is 0 Å². The lowest BCUT2D eigenvalue weighted by Crippen LogP contribution is -2.38. The molecule has 0 aliphatic carbocycles. The first-order valence-electron chi connectivity index (χ1n) is 7.31. The number of aromatic nitrogens is 2. The number of thiazole rings is 1. The molecule has 0 fully saturated rings. The molecule has 0 saturated heterocycles. The lowest BCUT2D eigenvalue weighted by atomic mass is 10.1. The van der Waals surface area contributed by atoms with Crippen molar-refractivity contribution in [3.8, 4) is 5.75 Å². The summed E-state index contributed by atoms with van der Waals surface area (Å²) in [7, 11) is 0. The zero-order valence-corrected chi connectivity index (χ0v) is 13.4. The summed E-state index contributed by atoms with van der Waals surface area (Å²) in [5, 5.41) is 0.180. The number of pyridine rings is 1. The van der Waals surface area contributed by atoms with Crippen LogP contribution in [-0.4, -0.2) is 29.0 Å². The third kappa shape index (κ3) is 2.80. The molecule has 1 aliphatic heterocycles. The fraction of sp³-hybridized carbons (Fsp3) is 0.188. The molecule has 0 radical (unpaired) electrons. The first kappa shape index (κ1) is 15.8. The molecule has 1 amide bonds. The fourth-order valence-corrected chi connectivity index (χ4v) is 3.44. The normalized spacial score (nSPS) is 14.3. The van der Waals surface area contributed by atoms with Crippen LogP contribution in [0.3, 0.4) is 0 Å². The van der Waals surface area contributed by atoms with Gasteiger partial charge in [0.2, 0.25) is 0 Å². The van der Waals surface area contributed by atoms with E-state index in [0.29, 0.717) is 10.3 Å². The van der Waals surface area contributed by atoms with Crippen LogP contribution in [0.15, 0.2) is 36.5 Å². The second-order valence-electron chi connectivity index (χ2n) is 5.33. The fourth-order valence-electron chi connectivity index (χ4n) is 2.58. The summed E-state index contributed by atoms with van der Waals surface area (Å²) in [6.45, 7) is 0.351. The number of benzene rings is 1. The maximum Gasteiger partial charge on any atom is 0.416 e. The van der Waals surface area contributed by atoms with E-state index in [9.17, 15) is 18.0 Å². The van der Waals surface area contributed by atoms with Gasteiger partial charge in [0.25, 0.3) is 5.91 Å². The number of anilines is 1. The summed E-state index contributed by atoms with van der Waals surface area (Å²) >= 11 is 1.11. The molecule has 0 atom stereocenters. The molecule has 128 valence electrons. The smallest absolute Gasteiger partial charge is 0.416 e. The summed E-state index contributed by atoms with van der Waals surface area (Å²) in [5.74, 6) is -0.223. The Balaban J connectivity index is 1.75. The lowest BCUT2D eigenvalue weighted by molar-refractivity contribution is -0.137. The molecule has 4 rings (SSSR count). The van der Waals surface area contributed by atoms with E-state index in [1.165, 1.54) is 11.0 Å². The van der Waals surface area contributed by atoms with Crippen molar-refractivity contribution in [1.29, 1.82) is 0 Å². The number of hydrogen-bond donors (Lipinski definition) is 0.